The van der Waals surface area contributed by atoms with Crippen LogP contribution in [-0.2, 0) is 0 Å². The van der Waals surface area contributed by atoms with Gasteiger partial charge in [0.2, 0.25) is 0 Å². The van der Waals surface area contributed by atoms with Crippen LogP contribution in [0, 0.1) is 0 Å². The Morgan fingerprint density at radius 3 is 0.739 bits per heavy atom. The molecule has 0 heterocycles. The van der Waals surface area contributed by atoms with Crippen molar-refractivity contribution >= 4 is 138 Å². The Bertz CT molecular complexity index is 1210. The summed E-state index contributed by atoms with van der Waals surface area (Å²) in [7, 11) is 0. The molecule has 0 fully saturated rings. The fraction of sp³-hybridized carbons (Fsp3) is 0.235. The van der Waals surface area contributed by atoms with Gasteiger partial charge in [0, 0.05) is 22.7 Å². The van der Waals surface area contributed by atoms with Crippen LogP contribution in [0.25, 0.3) is 0 Å². The molecular weight excluding hydrogens is 655 g/mol. The standard InChI is InChI=1S/2C17H20N2O2S.K.Na.2H/c2*1-3-20-15-9-5-13(6-10-15)18-17(22)19-14-7-11-16(12-8-14)21-4-2;;;;/h2*5-12H,3-4H2,1-2H3,(H2,18,19,22);;;;. The van der Waals surface area contributed by atoms with Crippen molar-refractivity contribution in [1.29, 1.82) is 0 Å². The van der Waals surface area contributed by atoms with Gasteiger partial charge in [0.05, 0.1) is 26.4 Å². The van der Waals surface area contributed by atoms with Crippen LogP contribution in [0.3, 0.4) is 0 Å². The molecule has 0 saturated heterocycles. The Morgan fingerprint density at radius 1 is 0.413 bits per heavy atom. The molecule has 0 bridgehead atoms. The normalized spacial score (nSPS) is 9.48. The van der Waals surface area contributed by atoms with Gasteiger partial charge in [-0.25, -0.2) is 0 Å². The summed E-state index contributed by atoms with van der Waals surface area (Å²) >= 11 is 10.6. The van der Waals surface area contributed by atoms with Gasteiger partial charge in [0.15, 0.2) is 10.2 Å². The van der Waals surface area contributed by atoms with E-state index >= 15 is 0 Å². The number of ether oxygens (including phenoxy) is 4. The molecule has 0 radical (unpaired) electrons. The van der Waals surface area contributed by atoms with Crippen molar-refractivity contribution in [2.24, 2.45) is 0 Å². The molecule has 0 amide bonds. The fourth-order valence-electron chi connectivity index (χ4n) is 3.79. The van der Waals surface area contributed by atoms with Crippen LogP contribution in [-0.4, -0.2) is 118 Å². The molecule has 0 aromatic heterocycles. The molecule has 0 saturated carbocycles. The summed E-state index contributed by atoms with van der Waals surface area (Å²) < 4.78 is 21.6. The Hall–Kier alpha value is -1.90. The summed E-state index contributed by atoms with van der Waals surface area (Å²) in [6.45, 7) is 10.5. The van der Waals surface area contributed by atoms with E-state index in [4.69, 9.17) is 43.4 Å². The second kappa shape index (κ2) is 24.3. The van der Waals surface area contributed by atoms with Crippen LogP contribution in [0.15, 0.2) is 97.1 Å². The van der Waals surface area contributed by atoms with E-state index in [9.17, 15) is 0 Å². The Kier molecular flexibility index (Phi) is 22.2. The number of hydrogen-bond acceptors (Lipinski definition) is 6. The quantitative estimate of drug-likeness (QED) is 0.0896. The molecular formula is C34H42KN4NaO4S2. The van der Waals surface area contributed by atoms with Crippen LogP contribution in [0.1, 0.15) is 27.7 Å². The van der Waals surface area contributed by atoms with Crippen LogP contribution in [0.5, 0.6) is 23.0 Å². The van der Waals surface area contributed by atoms with E-state index in [1.165, 1.54) is 0 Å². The van der Waals surface area contributed by atoms with Gasteiger partial charge in [-0.05, 0) is 149 Å². The number of hydrogen-bond donors (Lipinski definition) is 4. The second-order valence-electron chi connectivity index (χ2n) is 8.99. The first kappa shape index (κ1) is 42.1. The summed E-state index contributed by atoms with van der Waals surface area (Å²) in [6.07, 6.45) is 0. The van der Waals surface area contributed by atoms with Crippen molar-refractivity contribution in [2.75, 3.05) is 47.7 Å². The Labute approximate surface area is 348 Å². The third kappa shape index (κ3) is 16.3. The predicted molar refractivity (Wildman–Crippen MR) is 204 cm³/mol. The van der Waals surface area contributed by atoms with E-state index in [0.29, 0.717) is 36.7 Å². The van der Waals surface area contributed by atoms with E-state index in [2.05, 4.69) is 21.3 Å². The predicted octanol–water partition coefficient (Wildman–Crippen LogP) is 7.29. The number of rotatable bonds is 12. The van der Waals surface area contributed by atoms with Gasteiger partial charge in [-0.3, -0.25) is 0 Å². The zero-order valence-electron chi connectivity index (χ0n) is 25.5. The van der Waals surface area contributed by atoms with E-state index in [1.807, 2.05) is 125 Å². The molecule has 0 spiro atoms. The monoisotopic (exact) mass is 696 g/mol. The number of nitrogens with one attached hydrogen (secondary N) is 4. The summed E-state index contributed by atoms with van der Waals surface area (Å²) in [5.74, 6) is 3.38. The molecule has 46 heavy (non-hydrogen) atoms. The number of benzene rings is 4. The van der Waals surface area contributed by atoms with E-state index < -0.39 is 0 Å². The molecule has 4 aromatic rings. The molecule has 0 aliphatic carbocycles. The van der Waals surface area contributed by atoms with Gasteiger partial charge in [0.25, 0.3) is 0 Å². The SMILES string of the molecule is CCOc1ccc(NC(=S)Nc2ccc(OCC)cc2)cc1.CCOc1ccc(NC(=S)Nc2ccc(OCC)cc2)cc1.[KH].[NaH]. The average molecular weight is 697 g/mol. The summed E-state index contributed by atoms with van der Waals surface area (Å²) in [5, 5.41) is 13.6. The van der Waals surface area contributed by atoms with Crippen molar-refractivity contribution in [3.8, 4) is 23.0 Å². The van der Waals surface area contributed by atoms with Crippen molar-refractivity contribution in [2.45, 2.75) is 27.7 Å². The van der Waals surface area contributed by atoms with Crippen LogP contribution in [0.2, 0.25) is 0 Å². The summed E-state index contributed by atoms with van der Waals surface area (Å²) in [5.41, 5.74) is 3.64. The molecule has 4 aromatic carbocycles. The van der Waals surface area contributed by atoms with Gasteiger partial charge >= 0.3 is 80.9 Å². The van der Waals surface area contributed by atoms with Gasteiger partial charge in [0.1, 0.15) is 23.0 Å². The third-order valence-corrected chi connectivity index (χ3v) is 6.10. The van der Waals surface area contributed by atoms with E-state index in [-0.39, 0.29) is 80.9 Å². The van der Waals surface area contributed by atoms with Crippen LogP contribution >= 0.6 is 24.4 Å². The summed E-state index contributed by atoms with van der Waals surface area (Å²) in [4.78, 5) is 0. The van der Waals surface area contributed by atoms with Gasteiger partial charge < -0.3 is 40.2 Å². The molecule has 4 N–H and O–H groups in total. The van der Waals surface area contributed by atoms with Gasteiger partial charge in [-0.2, -0.15) is 0 Å². The number of thiocarbonyl (C=S) groups is 2. The molecule has 0 aliphatic heterocycles. The number of anilines is 4. The maximum absolute atomic E-state index is 5.40. The first-order valence-electron chi connectivity index (χ1n) is 14.5. The minimum atomic E-state index is 0. The fourth-order valence-corrected chi connectivity index (χ4v) is 4.26. The van der Waals surface area contributed by atoms with Crippen molar-refractivity contribution in [3.63, 3.8) is 0 Å². The summed E-state index contributed by atoms with van der Waals surface area (Å²) in [6, 6.07) is 30.7. The zero-order valence-corrected chi connectivity index (χ0v) is 27.1. The van der Waals surface area contributed by atoms with Crippen LogP contribution < -0.4 is 40.2 Å². The van der Waals surface area contributed by atoms with Crippen molar-refractivity contribution < 1.29 is 18.9 Å². The van der Waals surface area contributed by atoms with E-state index in [1.54, 1.807) is 0 Å². The minimum absolute atomic E-state index is 0. The topological polar surface area (TPSA) is 85.0 Å². The second-order valence-corrected chi connectivity index (χ2v) is 9.80. The molecule has 4 rings (SSSR count). The molecule has 0 unspecified atom stereocenters. The molecule has 0 atom stereocenters. The zero-order chi connectivity index (χ0) is 31.6. The van der Waals surface area contributed by atoms with Gasteiger partial charge in [-0.15, -0.1) is 0 Å². The molecule has 8 nitrogen and oxygen atoms in total. The van der Waals surface area contributed by atoms with E-state index in [0.717, 1.165) is 45.7 Å². The average Bonchev–Trinajstić information content (AvgIpc) is 3.02. The Balaban J connectivity index is 0.000000441. The molecule has 236 valence electrons. The van der Waals surface area contributed by atoms with Crippen molar-refractivity contribution in [3.05, 3.63) is 97.1 Å². The third-order valence-electron chi connectivity index (χ3n) is 5.69. The first-order valence-corrected chi connectivity index (χ1v) is 15.3. The first-order chi connectivity index (χ1) is 21.4. The maximum atomic E-state index is 5.40. The molecule has 12 heteroatoms. The Morgan fingerprint density at radius 2 is 0.587 bits per heavy atom. The van der Waals surface area contributed by atoms with Crippen LogP contribution in [0.4, 0.5) is 22.7 Å². The van der Waals surface area contributed by atoms with Gasteiger partial charge in [-0.1, -0.05) is 0 Å². The molecule has 0 aliphatic rings. The van der Waals surface area contributed by atoms with Crippen molar-refractivity contribution in [1.82, 2.24) is 0 Å².